The second kappa shape index (κ2) is 11.8. The van der Waals surface area contributed by atoms with E-state index in [1.54, 1.807) is 38.1 Å². The number of rotatable bonds is 9. The summed E-state index contributed by atoms with van der Waals surface area (Å²) in [5.41, 5.74) is 8.48. The number of esters is 1. The Kier molecular flexibility index (Phi) is 8.57. The molecule has 1 atom stereocenters. The number of amides is 1. The van der Waals surface area contributed by atoms with Crippen LogP contribution in [0.5, 0.6) is 11.5 Å². The number of anilines is 1. The van der Waals surface area contributed by atoms with Crippen LogP contribution in [-0.2, 0) is 19.1 Å². The first-order valence-electron chi connectivity index (χ1n) is 11.5. The van der Waals surface area contributed by atoms with Crippen molar-refractivity contribution < 1.29 is 28.5 Å². The third kappa shape index (κ3) is 5.96. The number of nitrogens with one attached hydrogen (secondary N) is 1. The minimum absolute atomic E-state index is 0.0808. The van der Waals surface area contributed by atoms with E-state index < -0.39 is 11.9 Å². The Hall–Kier alpha value is -4.45. The maximum atomic E-state index is 12.8. The molecule has 1 aliphatic rings. The van der Waals surface area contributed by atoms with E-state index >= 15 is 0 Å². The summed E-state index contributed by atoms with van der Waals surface area (Å²) in [6.07, 6.45) is 0. The number of hydrogen-bond donors (Lipinski definition) is 2. The first kappa shape index (κ1) is 26.2. The molecule has 0 saturated heterocycles. The van der Waals surface area contributed by atoms with Crippen molar-refractivity contribution in [3.05, 3.63) is 76.4 Å². The fraction of sp³-hybridized carbons (Fsp3) is 0.296. The molecule has 0 radical (unpaired) electrons. The van der Waals surface area contributed by atoms with Gasteiger partial charge in [-0.15, -0.1) is 0 Å². The number of carbonyl (C=O) groups is 2. The van der Waals surface area contributed by atoms with E-state index in [4.69, 9.17) is 24.7 Å². The predicted octanol–water partition coefficient (Wildman–Crippen LogP) is 4.06. The average molecular weight is 492 g/mol. The Morgan fingerprint density at radius 2 is 1.86 bits per heavy atom. The lowest BCUT2D eigenvalue weighted by Gasteiger charge is -2.27. The van der Waals surface area contributed by atoms with Crippen molar-refractivity contribution in [3.63, 3.8) is 0 Å². The summed E-state index contributed by atoms with van der Waals surface area (Å²) >= 11 is 0. The number of hydrogen-bond acceptors (Lipinski definition) is 8. The van der Waals surface area contributed by atoms with Crippen LogP contribution in [-0.4, -0.2) is 31.7 Å². The minimum atomic E-state index is -0.819. The van der Waals surface area contributed by atoms with E-state index in [2.05, 4.69) is 5.32 Å². The molecule has 0 saturated carbocycles. The molecule has 1 unspecified atom stereocenters. The van der Waals surface area contributed by atoms with Crippen molar-refractivity contribution in [2.24, 2.45) is 5.73 Å². The monoisotopic (exact) mass is 491 g/mol. The lowest BCUT2D eigenvalue weighted by atomic mass is 9.83. The molecule has 3 rings (SSSR count). The summed E-state index contributed by atoms with van der Waals surface area (Å²) in [6, 6.07) is 14.4. The molecule has 0 spiro atoms. The van der Waals surface area contributed by atoms with Gasteiger partial charge < -0.3 is 30.0 Å². The van der Waals surface area contributed by atoms with Gasteiger partial charge in [-0.25, -0.2) is 4.79 Å². The predicted molar refractivity (Wildman–Crippen MR) is 133 cm³/mol. The molecule has 1 aliphatic heterocycles. The molecular formula is C27H29N3O6. The molecule has 2 aromatic carbocycles. The maximum absolute atomic E-state index is 12.8. The number of carbonyl (C=O) groups excluding carboxylic acids is 2. The highest BCUT2D eigenvalue weighted by atomic mass is 16.5. The molecule has 9 nitrogen and oxygen atoms in total. The lowest BCUT2D eigenvalue weighted by Crippen LogP contribution is -2.25. The van der Waals surface area contributed by atoms with Gasteiger partial charge in [-0.1, -0.05) is 18.2 Å². The summed E-state index contributed by atoms with van der Waals surface area (Å²) in [7, 11) is 0. The van der Waals surface area contributed by atoms with Crippen molar-refractivity contribution in [2.45, 2.75) is 33.6 Å². The fourth-order valence-corrected chi connectivity index (χ4v) is 3.84. The molecule has 36 heavy (non-hydrogen) atoms. The van der Waals surface area contributed by atoms with Crippen molar-refractivity contribution in [1.82, 2.24) is 0 Å². The van der Waals surface area contributed by atoms with Crippen molar-refractivity contribution >= 4 is 17.6 Å². The van der Waals surface area contributed by atoms with Gasteiger partial charge in [0, 0.05) is 5.69 Å². The number of nitriles is 1. The van der Waals surface area contributed by atoms with Gasteiger partial charge in [-0.3, -0.25) is 4.79 Å². The van der Waals surface area contributed by atoms with Gasteiger partial charge in [0.1, 0.15) is 17.4 Å². The number of nitrogens with two attached hydrogens (primary N) is 1. The Morgan fingerprint density at radius 1 is 1.08 bits per heavy atom. The smallest absolute Gasteiger partial charge is 0.338 e. The average Bonchev–Trinajstić information content (AvgIpc) is 2.83. The maximum Gasteiger partial charge on any atom is 0.338 e. The molecule has 3 N–H and O–H groups in total. The van der Waals surface area contributed by atoms with Crippen LogP contribution in [0.3, 0.4) is 0 Å². The van der Waals surface area contributed by atoms with Gasteiger partial charge in [-0.2, -0.15) is 5.26 Å². The molecular weight excluding hydrogens is 462 g/mol. The number of allylic oxidation sites excluding steroid dienone is 2. The Balaban J connectivity index is 1.89. The molecule has 0 bridgehead atoms. The number of aryl methyl sites for hydroxylation is 1. The topological polar surface area (TPSA) is 133 Å². The number of nitrogens with zero attached hydrogens (tertiary/aromatic N) is 1. The zero-order valence-electron chi connectivity index (χ0n) is 20.7. The second-order valence-electron chi connectivity index (χ2n) is 7.96. The van der Waals surface area contributed by atoms with Gasteiger partial charge >= 0.3 is 5.97 Å². The van der Waals surface area contributed by atoms with Gasteiger partial charge in [0.25, 0.3) is 5.91 Å². The SMILES string of the molecule is CCOC(=O)C1=C(C)OC(N)=C(C#N)C1c1ccc(OCC(=O)Nc2cccc(C)c2)c(OCC)c1. The normalized spacial score (nSPS) is 15.0. The Bertz CT molecular complexity index is 1260. The van der Waals surface area contributed by atoms with Crippen molar-refractivity contribution in [3.8, 4) is 17.6 Å². The molecule has 2 aromatic rings. The van der Waals surface area contributed by atoms with E-state index in [-0.39, 0.29) is 41.9 Å². The van der Waals surface area contributed by atoms with E-state index in [1.165, 1.54) is 0 Å². The zero-order chi connectivity index (χ0) is 26.2. The molecule has 1 heterocycles. The highest BCUT2D eigenvalue weighted by Gasteiger charge is 2.36. The third-order valence-corrected chi connectivity index (χ3v) is 5.36. The first-order chi connectivity index (χ1) is 17.3. The molecule has 0 fully saturated rings. The van der Waals surface area contributed by atoms with Crippen LogP contribution in [0.2, 0.25) is 0 Å². The summed E-state index contributed by atoms with van der Waals surface area (Å²) < 4.78 is 22.1. The van der Waals surface area contributed by atoms with Crippen LogP contribution in [0.15, 0.2) is 65.3 Å². The van der Waals surface area contributed by atoms with Crippen molar-refractivity contribution in [1.29, 1.82) is 5.26 Å². The van der Waals surface area contributed by atoms with Gasteiger partial charge in [0.15, 0.2) is 18.1 Å². The highest BCUT2D eigenvalue weighted by molar-refractivity contribution is 5.93. The van der Waals surface area contributed by atoms with E-state index in [1.807, 2.05) is 38.1 Å². The van der Waals surface area contributed by atoms with E-state index in [0.717, 1.165) is 5.56 Å². The first-order valence-corrected chi connectivity index (χ1v) is 11.5. The summed E-state index contributed by atoms with van der Waals surface area (Å²) in [5, 5.41) is 12.6. The second-order valence-corrected chi connectivity index (χ2v) is 7.96. The van der Waals surface area contributed by atoms with Crippen LogP contribution >= 0.6 is 0 Å². The van der Waals surface area contributed by atoms with Gasteiger partial charge in [0.2, 0.25) is 5.88 Å². The van der Waals surface area contributed by atoms with Gasteiger partial charge in [0.05, 0.1) is 24.7 Å². The fourth-order valence-electron chi connectivity index (χ4n) is 3.84. The van der Waals surface area contributed by atoms with Crippen LogP contribution in [0.1, 0.15) is 37.8 Å². The standard InChI is InChI=1S/C27H29N3O6/c1-5-33-22-13-18(25-20(14-28)26(29)36-17(4)24(25)27(32)34-6-2)10-11-21(22)35-15-23(31)30-19-9-7-8-16(3)12-19/h7-13,25H,5-6,15,29H2,1-4H3,(H,30,31). The van der Waals surface area contributed by atoms with Crippen LogP contribution in [0.4, 0.5) is 5.69 Å². The van der Waals surface area contributed by atoms with Crippen LogP contribution < -0.4 is 20.5 Å². The number of benzene rings is 2. The lowest BCUT2D eigenvalue weighted by molar-refractivity contribution is -0.139. The summed E-state index contributed by atoms with van der Waals surface area (Å²) in [6.45, 7) is 7.27. The third-order valence-electron chi connectivity index (χ3n) is 5.36. The highest BCUT2D eigenvalue weighted by Crippen LogP contribution is 2.42. The molecule has 0 aromatic heterocycles. The van der Waals surface area contributed by atoms with E-state index in [0.29, 0.717) is 29.4 Å². The van der Waals surface area contributed by atoms with Crippen LogP contribution in [0.25, 0.3) is 0 Å². The number of ether oxygens (including phenoxy) is 4. The van der Waals surface area contributed by atoms with Gasteiger partial charge in [-0.05, 0) is 63.1 Å². The minimum Gasteiger partial charge on any atom is -0.490 e. The van der Waals surface area contributed by atoms with E-state index in [9.17, 15) is 14.9 Å². The Morgan fingerprint density at radius 3 is 2.53 bits per heavy atom. The molecule has 0 aliphatic carbocycles. The van der Waals surface area contributed by atoms with Crippen molar-refractivity contribution in [2.75, 3.05) is 25.1 Å². The van der Waals surface area contributed by atoms with Crippen LogP contribution in [0, 0.1) is 18.3 Å². The summed E-state index contributed by atoms with van der Waals surface area (Å²) in [4.78, 5) is 25.2. The quantitative estimate of drug-likeness (QED) is 0.502. The zero-order valence-corrected chi connectivity index (χ0v) is 20.7. The summed E-state index contributed by atoms with van der Waals surface area (Å²) in [5.74, 6) is -0.906. The molecule has 188 valence electrons. The molecule has 1 amide bonds. The molecule has 9 heteroatoms. The largest absolute Gasteiger partial charge is 0.490 e. The Labute approximate surface area is 210 Å².